The van der Waals surface area contributed by atoms with Crippen LogP contribution < -0.4 is 29.1 Å². The van der Waals surface area contributed by atoms with E-state index in [1.54, 1.807) is 12.1 Å². The van der Waals surface area contributed by atoms with E-state index >= 15 is 4.39 Å². The van der Waals surface area contributed by atoms with Crippen LogP contribution in [0.5, 0.6) is 23.1 Å². The van der Waals surface area contributed by atoms with Crippen LogP contribution in [0.1, 0.15) is 132 Å². The van der Waals surface area contributed by atoms with Gasteiger partial charge in [-0.3, -0.25) is 19.8 Å². The zero-order chi connectivity index (χ0) is 50.7. The summed E-state index contributed by atoms with van der Waals surface area (Å²) in [7, 11) is -4.76. The number of hydrogen-bond acceptors (Lipinski definition) is 13. The van der Waals surface area contributed by atoms with Crippen molar-refractivity contribution in [1.29, 1.82) is 0 Å². The van der Waals surface area contributed by atoms with E-state index in [2.05, 4.69) is 81.8 Å². The smallest absolute Gasteiger partial charge is 0.297 e. The summed E-state index contributed by atoms with van der Waals surface area (Å²) in [6, 6.07) is 18.0. The van der Waals surface area contributed by atoms with Gasteiger partial charge in [0.05, 0.1) is 32.9 Å². The van der Waals surface area contributed by atoms with Gasteiger partial charge in [0, 0.05) is 61.3 Å². The summed E-state index contributed by atoms with van der Waals surface area (Å²) in [4.78, 5) is 37.8. The van der Waals surface area contributed by atoms with Gasteiger partial charge in [-0.15, -0.1) is 0 Å². The molecule has 0 unspecified atom stereocenters. The Morgan fingerprint density at radius 2 is 1.76 bits per heavy atom. The standard InChI is InChI=1S/C54H66FN7O9S/c1-32(2)38-9-6-7-10-39(38)44-11-8-20-61(44)36-27-54(28-36)18-21-60(22-19-54)35-12-13-40(46(23-35)71-48-26-41-42(55)29-56-50(41)58-52(48)70-30-33(3)63)51(64)59-72(67,68)37-24-45(62(65)66)49-47(25-37)69-31-43(57-49)34-14-16-53(4,5)17-15-34/h6-7,9-10,12-13,23-26,29,32-34,36,43-44,57,63H,8,11,14-22,27-28,30-31H2,1-5H3,(H,56,58)(H,59,64)/t33-,43+,44-/m0/s1. The van der Waals surface area contributed by atoms with Crippen molar-refractivity contribution in [1.82, 2.24) is 19.6 Å². The number of benzene rings is 3. The molecular formula is C54H66FN7O9S. The molecule has 4 N–H and O–H groups in total. The highest BCUT2D eigenvalue weighted by Gasteiger charge is 2.50. The lowest BCUT2D eigenvalue weighted by Crippen LogP contribution is -2.54. The number of amides is 1. The van der Waals surface area contributed by atoms with Gasteiger partial charge in [0.25, 0.3) is 27.5 Å². The maximum absolute atomic E-state index is 15.0. The van der Waals surface area contributed by atoms with Gasteiger partial charge in [-0.25, -0.2) is 17.5 Å². The number of carbonyl (C=O) groups is 1. The third-order valence-corrected chi connectivity index (χ3v) is 17.5. The van der Waals surface area contributed by atoms with Crippen LogP contribution in [0.15, 0.2) is 71.8 Å². The van der Waals surface area contributed by atoms with Crippen molar-refractivity contribution in [2.75, 3.05) is 43.1 Å². The molecule has 5 aromatic rings. The number of aliphatic hydroxyl groups excluding tert-OH is 1. The highest BCUT2D eigenvalue weighted by Crippen LogP contribution is 2.55. The number of carbonyl (C=O) groups excluding carboxylic acids is 1. The van der Waals surface area contributed by atoms with Crippen molar-refractivity contribution in [3.63, 3.8) is 0 Å². The zero-order valence-corrected chi connectivity index (χ0v) is 42.5. The molecular weight excluding hydrogens is 942 g/mol. The molecule has 2 aliphatic carbocycles. The van der Waals surface area contributed by atoms with Crippen LogP contribution in [-0.2, 0) is 10.0 Å². The lowest BCUT2D eigenvalue weighted by molar-refractivity contribution is -0.384. The monoisotopic (exact) mass is 1010 g/mol. The molecule has 2 saturated carbocycles. The Bertz CT molecular complexity index is 2970. The van der Waals surface area contributed by atoms with Gasteiger partial charge in [0.2, 0.25) is 0 Å². The molecule has 5 aliphatic rings. The first-order valence-corrected chi connectivity index (χ1v) is 27.0. The number of aromatic nitrogens is 2. The number of aliphatic hydroxyl groups is 1. The Hall–Kier alpha value is -5.98. The summed E-state index contributed by atoms with van der Waals surface area (Å²) in [5.74, 6) is -1.29. The Morgan fingerprint density at radius 1 is 1.01 bits per heavy atom. The van der Waals surface area contributed by atoms with E-state index in [0.717, 1.165) is 89.0 Å². The third kappa shape index (κ3) is 9.93. The van der Waals surface area contributed by atoms with Crippen molar-refractivity contribution in [3.05, 3.63) is 99.5 Å². The highest BCUT2D eigenvalue weighted by atomic mass is 32.2. The van der Waals surface area contributed by atoms with Crippen molar-refractivity contribution in [3.8, 4) is 23.1 Å². The molecule has 72 heavy (non-hydrogen) atoms. The molecule has 2 aromatic heterocycles. The molecule has 4 fully saturated rings. The second kappa shape index (κ2) is 19.5. The lowest BCUT2D eigenvalue weighted by Gasteiger charge is -2.56. The summed E-state index contributed by atoms with van der Waals surface area (Å²) >= 11 is 0. The lowest BCUT2D eigenvalue weighted by atomic mass is 9.59. The van der Waals surface area contributed by atoms with E-state index in [-0.39, 0.29) is 81.4 Å². The molecule has 3 atom stereocenters. The van der Waals surface area contributed by atoms with Crippen molar-refractivity contribution in [2.24, 2.45) is 16.7 Å². The van der Waals surface area contributed by atoms with Crippen molar-refractivity contribution >= 4 is 44.0 Å². The van der Waals surface area contributed by atoms with E-state index in [4.69, 9.17) is 14.2 Å². The summed E-state index contributed by atoms with van der Waals surface area (Å²) in [6.07, 6.45) is 10.7. The second-order valence-corrected chi connectivity index (χ2v) is 23.7. The van der Waals surface area contributed by atoms with E-state index in [1.807, 2.05) is 0 Å². The number of pyridine rings is 1. The van der Waals surface area contributed by atoms with Gasteiger partial charge in [-0.1, -0.05) is 52.0 Å². The number of hydrogen-bond donors (Lipinski definition) is 4. The minimum atomic E-state index is -4.76. The molecule has 0 bridgehead atoms. The molecule has 384 valence electrons. The minimum Gasteiger partial charge on any atom is -0.489 e. The predicted molar refractivity (Wildman–Crippen MR) is 272 cm³/mol. The van der Waals surface area contributed by atoms with Crippen molar-refractivity contribution in [2.45, 2.75) is 134 Å². The molecule has 3 aromatic carbocycles. The summed E-state index contributed by atoms with van der Waals surface area (Å²) in [6.45, 7) is 13.1. The van der Waals surface area contributed by atoms with E-state index in [0.29, 0.717) is 18.0 Å². The topological polar surface area (TPSA) is 201 Å². The third-order valence-electron chi connectivity index (χ3n) is 16.2. The van der Waals surface area contributed by atoms with Crippen LogP contribution in [0.25, 0.3) is 11.0 Å². The number of fused-ring (bicyclic) bond motifs is 2. The predicted octanol–water partition coefficient (Wildman–Crippen LogP) is 10.4. The quantitative estimate of drug-likeness (QED) is 0.0605. The second-order valence-electron chi connectivity index (χ2n) is 22.1. The fourth-order valence-electron chi connectivity index (χ4n) is 12.0. The summed E-state index contributed by atoms with van der Waals surface area (Å²) < 4.78 is 63.7. The molecule has 3 aliphatic heterocycles. The maximum Gasteiger partial charge on any atom is 0.297 e. The van der Waals surface area contributed by atoms with Gasteiger partial charge in [0.1, 0.15) is 30.4 Å². The number of H-pyrrole nitrogens is 1. The number of likely N-dealkylation sites (tertiary alicyclic amines) is 1. The van der Waals surface area contributed by atoms with Crippen LogP contribution in [0.2, 0.25) is 0 Å². The number of ether oxygens (including phenoxy) is 3. The van der Waals surface area contributed by atoms with E-state index in [9.17, 15) is 28.4 Å². The molecule has 0 radical (unpaired) electrons. The molecule has 10 rings (SSSR count). The Morgan fingerprint density at radius 3 is 2.49 bits per heavy atom. The van der Waals surface area contributed by atoms with Gasteiger partial charge in [-0.2, -0.15) is 4.98 Å². The zero-order valence-electron chi connectivity index (χ0n) is 41.7. The largest absolute Gasteiger partial charge is 0.489 e. The SMILES string of the molecule is CC(C)c1ccccc1[C@@H]1CCCN1C1CC2(CCN(c3ccc(C(=O)NS(=O)(=O)c4cc5c(c([N+](=O)[O-])c4)N[C@@H](C4CCC(C)(C)CC4)CO5)c(Oc4cc5c(F)c[nH]c5nc4OC[C@H](C)O)c3)CC2)C1. The van der Waals surface area contributed by atoms with Crippen molar-refractivity contribution < 1.29 is 41.8 Å². The van der Waals surface area contributed by atoms with Crippen LogP contribution >= 0.6 is 0 Å². The average molecular weight is 1010 g/mol. The van der Waals surface area contributed by atoms with Gasteiger partial charge in [0.15, 0.2) is 17.2 Å². The summed E-state index contributed by atoms with van der Waals surface area (Å²) in [5, 5.41) is 26.0. The number of nitro benzene ring substituents is 1. The number of aromatic amines is 1. The number of nitro groups is 1. The molecule has 18 heteroatoms. The maximum atomic E-state index is 15.0. The number of nitrogens with zero attached hydrogens (tertiary/aromatic N) is 4. The van der Waals surface area contributed by atoms with Gasteiger partial charge >= 0.3 is 0 Å². The summed E-state index contributed by atoms with van der Waals surface area (Å²) in [5.41, 5.74) is 3.63. The Kier molecular flexibility index (Phi) is 13.4. The van der Waals surface area contributed by atoms with Crippen LogP contribution in [0, 0.1) is 32.7 Å². The van der Waals surface area contributed by atoms with E-state index in [1.165, 1.54) is 49.1 Å². The minimum absolute atomic E-state index is 0.00390. The average Bonchev–Trinajstić information content (AvgIpc) is 3.97. The molecule has 1 spiro atoms. The Balaban J connectivity index is 0.900. The van der Waals surface area contributed by atoms with Crippen LogP contribution in [0.3, 0.4) is 0 Å². The number of sulfonamides is 1. The molecule has 2 saturated heterocycles. The van der Waals surface area contributed by atoms with Crippen LogP contribution in [0.4, 0.5) is 21.5 Å². The first kappa shape index (κ1) is 49.6. The first-order valence-electron chi connectivity index (χ1n) is 25.5. The number of nitrogens with one attached hydrogen (secondary N) is 3. The molecule has 5 heterocycles. The number of anilines is 2. The van der Waals surface area contributed by atoms with E-state index < -0.39 is 43.4 Å². The number of rotatable bonds is 14. The van der Waals surface area contributed by atoms with Gasteiger partial charge < -0.3 is 34.5 Å². The molecule has 16 nitrogen and oxygen atoms in total. The number of piperidine rings is 1. The fourth-order valence-corrected chi connectivity index (χ4v) is 13.0. The molecule has 1 amide bonds. The Labute approximate surface area is 420 Å². The normalized spacial score (nSPS) is 21.7. The van der Waals surface area contributed by atoms with Gasteiger partial charge in [-0.05, 0) is 124 Å². The highest BCUT2D eigenvalue weighted by molar-refractivity contribution is 7.90. The van der Waals surface area contributed by atoms with Crippen LogP contribution in [-0.4, -0.2) is 90.3 Å². The number of halogens is 1. The first-order chi connectivity index (χ1) is 34.4. The fraction of sp³-hybridized carbons (Fsp3) is 0.519.